The second kappa shape index (κ2) is 7.54. The number of hydrogen-bond acceptors (Lipinski definition) is 8. The molecular weight excluding hydrogens is 398 g/mol. The number of hydrogen-bond donors (Lipinski definition) is 2. The molecule has 0 aliphatic heterocycles. The summed E-state index contributed by atoms with van der Waals surface area (Å²) in [6.07, 6.45) is 1.19. The Morgan fingerprint density at radius 1 is 1.21 bits per heavy atom. The van der Waals surface area contributed by atoms with Crippen molar-refractivity contribution in [2.75, 3.05) is 0 Å². The zero-order valence-corrected chi connectivity index (χ0v) is 15.7. The van der Waals surface area contributed by atoms with Crippen molar-refractivity contribution >= 4 is 23.8 Å². The normalized spacial score (nSPS) is 12.2. The average Bonchev–Trinajstić information content (AvgIpc) is 3.12. The molecule has 0 unspecified atom stereocenters. The van der Waals surface area contributed by atoms with Crippen molar-refractivity contribution in [1.82, 2.24) is 9.78 Å². The molecule has 0 saturated carbocycles. The van der Waals surface area contributed by atoms with Gasteiger partial charge in [0.05, 0.1) is 16.3 Å². The van der Waals surface area contributed by atoms with Gasteiger partial charge in [0, 0.05) is 23.3 Å². The molecule has 0 bridgehead atoms. The maximum atomic E-state index is 12.0. The monoisotopic (exact) mass is 413 g/mol. The fourth-order valence-electron chi connectivity index (χ4n) is 3.43. The third kappa shape index (κ3) is 3.42. The van der Waals surface area contributed by atoms with E-state index in [4.69, 9.17) is 15.8 Å². The summed E-state index contributed by atoms with van der Waals surface area (Å²) in [5.74, 6) is -0.235. The lowest BCUT2D eigenvalue weighted by atomic mass is 9.88. The summed E-state index contributed by atoms with van der Waals surface area (Å²) in [7, 11) is 0. The van der Waals surface area contributed by atoms with E-state index in [0.29, 0.717) is 53.3 Å². The van der Waals surface area contributed by atoms with Gasteiger partial charge in [-0.05, 0) is 42.7 Å². The highest BCUT2D eigenvalue weighted by Crippen LogP contribution is 2.38. The minimum Gasteiger partial charge on any atom is -0.364 e. The van der Waals surface area contributed by atoms with Crippen molar-refractivity contribution in [3.8, 4) is 22.7 Å². The summed E-state index contributed by atoms with van der Waals surface area (Å²) >= 11 is 0.572. The minimum absolute atomic E-state index is 0.0369. The number of nitro benzene ring substituents is 1. The number of amides is 1. The van der Waals surface area contributed by atoms with Crippen LogP contribution in [0.2, 0.25) is 0 Å². The Labute approximate surface area is 168 Å². The first-order valence-corrected chi connectivity index (χ1v) is 9.30. The molecule has 4 rings (SSSR count). The van der Waals surface area contributed by atoms with Gasteiger partial charge in [0.15, 0.2) is 11.4 Å². The highest BCUT2D eigenvalue weighted by molar-refractivity contribution is 7.92. The third-order valence-corrected chi connectivity index (χ3v) is 4.82. The highest BCUT2D eigenvalue weighted by Gasteiger charge is 2.29. The largest absolute Gasteiger partial charge is 0.364 e. The third-order valence-electron chi connectivity index (χ3n) is 4.67. The number of primary amides is 1. The minimum atomic E-state index is -0.651. The van der Waals surface area contributed by atoms with Gasteiger partial charge >= 0.3 is 0 Å². The second-order valence-corrected chi connectivity index (χ2v) is 6.62. The first kappa shape index (κ1) is 18.9. The van der Waals surface area contributed by atoms with E-state index in [1.165, 1.54) is 12.1 Å². The Bertz CT molecular complexity index is 1110. The van der Waals surface area contributed by atoms with E-state index < -0.39 is 10.8 Å². The molecule has 148 valence electrons. The summed E-state index contributed by atoms with van der Waals surface area (Å²) in [6.45, 7) is 0. The van der Waals surface area contributed by atoms with Gasteiger partial charge in [-0.15, -0.1) is 0 Å². The van der Waals surface area contributed by atoms with Crippen molar-refractivity contribution in [1.29, 1.82) is 0 Å². The number of nitrogens with two attached hydrogens (primary N) is 2. The molecule has 0 spiro atoms. The number of nitrogens with zero attached hydrogens (tertiary/aromatic N) is 3. The molecule has 1 aromatic heterocycles. The van der Waals surface area contributed by atoms with Gasteiger partial charge in [0.1, 0.15) is 12.2 Å². The summed E-state index contributed by atoms with van der Waals surface area (Å²) in [6, 6.07) is 11.4. The van der Waals surface area contributed by atoms with E-state index in [1.807, 2.05) is 0 Å². The predicted octanol–water partition coefficient (Wildman–Crippen LogP) is 2.48. The average molecular weight is 413 g/mol. The molecule has 1 heterocycles. The maximum Gasteiger partial charge on any atom is 0.270 e. The molecule has 0 fully saturated rings. The standard InChI is InChI=1S/C18H15N5O5S/c19-18(24)16-14-8-2-10-1-3-12(23(25)26)9-15(10)17(14)22(21-16)11-4-6-13(7-5-11)27-28-29-20/h1,3-7,9H,2,8,20H2,(H2,19,24). The molecule has 1 amide bonds. The van der Waals surface area contributed by atoms with Crippen LogP contribution in [0.25, 0.3) is 16.9 Å². The van der Waals surface area contributed by atoms with Crippen molar-refractivity contribution in [3.63, 3.8) is 0 Å². The molecule has 11 heteroatoms. The molecule has 1 aliphatic rings. The van der Waals surface area contributed by atoms with Crippen LogP contribution in [-0.2, 0) is 17.2 Å². The van der Waals surface area contributed by atoms with Crippen LogP contribution in [-0.4, -0.2) is 20.6 Å². The number of carbonyl (C=O) groups is 1. The predicted molar refractivity (Wildman–Crippen MR) is 105 cm³/mol. The van der Waals surface area contributed by atoms with Gasteiger partial charge in [-0.1, -0.05) is 10.4 Å². The zero-order chi connectivity index (χ0) is 20.5. The molecule has 10 nitrogen and oxygen atoms in total. The number of benzene rings is 2. The van der Waals surface area contributed by atoms with Crippen molar-refractivity contribution in [2.24, 2.45) is 10.9 Å². The first-order valence-electron chi connectivity index (χ1n) is 8.49. The van der Waals surface area contributed by atoms with E-state index in [0.717, 1.165) is 5.56 Å². The van der Waals surface area contributed by atoms with E-state index in [-0.39, 0.29) is 11.4 Å². The van der Waals surface area contributed by atoms with Crippen LogP contribution in [0.3, 0.4) is 0 Å². The highest BCUT2D eigenvalue weighted by atomic mass is 32.2. The molecule has 0 atom stereocenters. The lowest BCUT2D eigenvalue weighted by molar-refractivity contribution is -0.384. The fraction of sp³-hybridized carbons (Fsp3) is 0.111. The number of nitro groups is 1. The van der Waals surface area contributed by atoms with E-state index >= 15 is 0 Å². The van der Waals surface area contributed by atoms with Gasteiger partial charge in [0.25, 0.3) is 11.6 Å². The van der Waals surface area contributed by atoms with Crippen molar-refractivity contribution < 1.29 is 18.9 Å². The Balaban J connectivity index is 1.87. The lowest BCUT2D eigenvalue weighted by Crippen LogP contribution is -2.15. The molecule has 0 radical (unpaired) electrons. The van der Waals surface area contributed by atoms with Crippen molar-refractivity contribution in [2.45, 2.75) is 12.8 Å². The van der Waals surface area contributed by atoms with Crippen LogP contribution in [0, 0.1) is 10.1 Å². The Morgan fingerprint density at radius 3 is 2.62 bits per heavy atom. The maximum absolute atomic E-state index is 12.0. The smallest absolute Gasteiger partial charge is 0.270 e. The van der Waals surface area contributed by atoms with E-state index in [9.17, 15) is 14.9 Å². The van der Waals surface area contributed by atoms with Gasteiger partial charge in [-0.3, -0.25) is 20.0 Å². The number of aromatic nitrogens is 2. The lowest BCUT2D eigenvalue weighted by Gasteiger charge is -2.18. The van der Waals surface area contributed by atoms with Crippen LogP contribution in [0.4, 0.5) is 5.69 Å². The summed E-state index contributed by atoms with van der Waals surface area (Å²) < 4.78 is 6.19. The van der Waals surface area contributed by atoms with Crippen LogP contribution in [0.1, 0.15) is 21.6 Å². The van der Waals surface area contributed by atoms with Crippen LogP contribution in [0.5, 0.6) is 5.75 Å². The summed E-state index contributed by atoms with van der Waals surface area (Å²) in [5, 5.41) is 20.8. The first-order chi connectivity index (χ1) is 14.0. The topological polar surface area (TPSA) is 149 Å². The number of carbonyl (C=O) groups excluding carboxylic acids is 1. The van der Waals surface area contributed by atoms with Crippen LogP contribution >= 0.6 is 12.2 Å². The summed E-state index contributed by atoms with van der Waals surface area (Å²) in [4.78, 5) is 27.7. The zero-order valence-electron chi connectivity index (χ0n) is 14.9. The number of fused-ring (bicyclic) bond motifs is 3. The number of rotatable bonds is 6. The number of non-ortho nitro benzene ring substituents is 1. The van der Waals surface area contributed by atoms with Crippen LogP contribution in [0.15, 0.2) is 42.5 Å². The van der Waals surface area contributed by atoms with Crippen molar-refractivity contribution in [3.05, 3.63) is 69.4 Å². The SMILES string of the molecule is NSOOc1ccc(-n2nc(C(N)=O)c3c2-c2cc([N+](=O)[O-])ccc2CC3)cc1. The van der Waals surface area contributed by atoms with Gasteiger partial charge in [0.2, 0.25) is 0 Å². The van der Waals surface area contributed by atoms with Crippen LogP contribution < -0.4 is 15.8 Å². The quantitative estimate of drug-likeness (QED) is 0.206. The van der Waals surface area contributed by atoms with Gasteiger partial charge in [-0.25, -0.2) is 4.68 Å². The van der Waals surface area contributed by atoms with E-state index in [1.54, 1.807) is 35.0 Å². The molecule has 2 aromatic carbocycles. The fourth-order valence-corrected chi connectivity index (χ4v) is 3.54. The molecule has 1 aliphatic carbocycles. The molecular formula is C18H15N5O5S. The second-order valence-electron chi connectivity index (χ2n) is 6.29. The Morgan fingerprint density at radius 2 is 1.97 bits per heavy atom. The van der Waals surface area contributed by atoms with E-state index in [2.05, 4.69) is 9.43 Å². The molecule has 29 heavy (non-hydrogen) atoms. The summed E-state index contributed by atoms with van der Waals surface area (Å²) in [5.41, 5.74) is 9.16. The van der Waals surface area contributed by atoms with Gasteiger partial charge < -0.3 is 10.6 Å². The molecule has 4 N–H and O–H groups in total. The van der Waals surface area contributed by atoms with Gasteiger partial charge in [-0.2, -0.15) is 5.10 Å². The number of aryl methyl sites for hydroxylation is 1. The molecule has 0 saturated heterocycles. The Kier molecular flexibility index (Phi) is 4.92. The Hall–Kier alpha value is -3.41. The molecule has 3 aromatic rings.